The van der Waals surface area contributed by atoms with Gasteiger partial charge in [0, 0.05) is 38.4 Å². The Bertz CT molecular complexity index is 1170. The molecule has 0 saturated heterocycles. The van der Waals surface area contributed by atoms with Crippen LogP contribution in [0.4, 0.5) is 5.69 Å². The number of aromatic nitrogens is 2. The zero-order valence-corrected chi connectivity index (χ0v) is 18.8. The third-order valence-electron chi connectivity index (χ3n) is 5.54. The van der Waals surface area contributed by atoms with Gasteiger partial charge < -0.3 is 15.1 Å². The zero-order valence-electron chi connectivity index (χ0n) is 18.8. The molecule has 0 fully saturated rings. The van der Waals surface area contributed by atoms with Gasteiger partial charge in [0.1, 0.15) is 5.69 Å². The Morgan fingerprint density at radius 1 is 1.06 bits per heavy atom. The largest absolute Gasteiger partial charge is 0.333 e. The van der Waals surface area contributed by atoms with Crippen molar-refractivity contribution in [2.45, 2.75) is 26.4 Å². The van der Waals surface area contributed by atoms with E-state index in [1.54, 1.807) is 28.8 Å². The van der Waals surface area contributed by atoms with Crippen LogP contribution >= 0.6 is 0 Å². The number of carbonyl (C=O) groups excluding carboxylic acids is 3. The predicted octanol–water partition coefficient (Wildman–Crippen LogP) is 2.95. The van der Waals surface area contributed by atoms with Crippen LogP contribution in [0, 0.1) is 6.92 Å². The fourth-order valence-corrected chi connectivity index (χ4v) is 3.93. The second kappa shape index (κ2) is 9.68. The summed E-state index contributed by atoms with van der Waals surface area (Å²) >= 11 is 0. The van der Waals surface area contributed by atoms with E-state index in [0.717, 1.165) is 17.5 Å². The van der Waals surface area contributed by atoms with Crippen molar-refractivity contribution in [1.82, 2.24) is 19.6 Å². The highest BCUT2D eigenvalue weighted by Crippen LogP contribution is 2.18. The van der Waals surface area contributed by atoms with Gasteiger partial charge in [0.2, 0.25) is 5.91 Å². The molecule has 1 aliphatic rings. The molecule has 0 bridgehead atoms. The summed E-state index contributed by atoms with van der Waals surface area (Å²) in [5, 5.41) is 7.13. The first-order chi connectivity index (χ1) is 15.9. The first-order valence-electron chi connectivity index (χ1n) is 10.9. The average Bonchev–Trinajstić information content (AvgIpc) is 3.16. The minimum absolute atomic E-state index is 0.122. The van der Waals surface area contributed by atoms with Crippen LogP contribution < -0.4 is 5.32 Å². The summed E-state index contributed by atoms with van der Waals surface area (Å²) in [6, 6.07) is 18.7. The Morgan fingerprint density at radius 3 is 2.61 bits per heavy atom. The van der Waals surface area contributed by atoms with Crippen LogP contribution in [-0.4, -0.2) is 57.4 Å². The summed E-state index contributed by atoms with van der Waals surface area (Å²) in [5.74, 6) is -0.861. The fraction of sp³-hybridized carbons (Fsp3) is 0.280. The van der Waals surface area contributed by atoms with Crippen molar-refractivity contribution >= 4 is 23.4 Å². The van der Waals surface area contributed by atoms with Crippen molar-refractivity contribution in [2.24, 2.45) is 0 Å². The molecule has 4 rings (SSSR count). The van der Waals surface area contributed by atoms with E-state index in [2.05, 4.69) is 16.5 Å². The number of anilines is 1. The molecular formula is C25H27N5O3. The van der Waals surface area contributed by atoms with Crippen LogP contribution in [0.15, 0.2) is 60.7 Å². The van der Waals surface area contributed by atoms with Gasteiger partial charge >= 0.3 is 0 Å². The quantitative estimate of drug-likeness (QED) is 0.632. The van der Waals surface area contributed by atoms with E-state index in [4.69, 9.17) is 0 Å². The normalized spacial score (nSPS) is 13.3. The standard InChI is InChI=1S/C25H27N5O3/c1-18-8-6-9-19(14-18)16-29-12-7-13-30-22(25(29)33)15-21(27-30)24(32)28(2)17-23(31)26-20-10-4-3-5-11-20/h3-6,8-11,14-15H,7,12-13,16-17H2,1-2H3,(H,26,31). The van der Waals surface area contributed by atoms with E-state index >= 15 is 0 Å². The Labute approximate surface area is 192 Å². The molecule has 1 N–H and O–H groups in total. The Morgan fingerprint density at radius 2 is 1.85 bits per heavy atom. The molecule has 2 aromatic carbocycles. The highest BCUT2D eigenvalue weighted by atomic mass is 16.2. The van der Waals surface area contributed by atoms with Gasteiger partial charge in [-0.3, -0.25) is 19.1 Å². The predicted molar refractivity (Wildman–Crippen MR) is 125 cm³/mol. The van der Waals surface area contributed by atoms with Crippen LogP contribution in [0.2, 0.25) is 0 Å². The Hall–Kier alpha value is -3.94. The number of hydrogen-bond donors (Lipinski definition) is 1. The van der Waals surface area contributed by atoms with Crippen molar-refractivity contribution in [2.75, 3.05) is 25.5 Å². The van der Waals surface area contributed by atoms with Crippen LogP contribution in [0.5, 0.6) is 0 Å². The average molecular weight is 446 g/mol. The van der Waals surface area contributed by atoms with Gasteiger partial charge in [-0.15, -0.1) is 0 Å². The third kappa shape index (κ3) is 5.28. The highest BCUT2D eigenvalue weighted by molar-refractivity contribution is 6.00. The maximum atomic E-state index is 13.2. The van der Waals surface area contributed by atoms with Crippen molar-refractivity contribution in [3.8, 4) is 0 Å². The molecule has 3 aromatic rings. The van der Waals surface area contributed by atoms with Crippen molar-refractivity contribution < 1.29 is 14.4 Å². The first-order valence-corrected chi connectivity index (χ1v) is 10.9. The fourth-order valence-electron chi connectivity index (χ4n) is 3.93. The van der Waals surface area contributed by atoms with E-state index in [0.29, 0.717) is 31.0 Å². The Balaban J connectivity index is 1.44. The van der Waals surface area contributed by atoms with Gasteiger partial charge in [0.25, 0.3) is 11.8 Å². The minimum atomic E-state index is -0.406. The van der Waals surface area contributed by atoms with Gasteiger partial charge in [-0.1, -0.05) is 48.0 Å². The van der Waals surface area contributed by atoms with Gasteiger partial charge in [0.05, 0.1) is 6.54 Å². The van der Waals surface area contributed by atoms with Crippen LogP contribution in [-0.2, 0) is 17.9 Å². The second-order valence-corrected chi connectivity index (χ2v) is 8.28. The molecule has 1 aromatic heterocycles. The second-order valence-electron chi connectivity index (χ2n) is 8.28. The first kappa shape index (κ1) is 22.3. The third-order valence-corrected chi connectivity index (χ3v) is 5.54. The van der Waals surface area contributed by atoms with Crippen molar-refractivity contribution in [3.05, 3.63) is 83.2 Å². The van der Waals surface area contributed by atoms with Crippen LogP contribution in [0.3, 0.4) is 0 Å². The van der Waals surface area contributed by atoms with E-state index in [1.165, 1.54) is 11.0 Å². The zero-order chi connectivity index (χ0) is 23.4. The molecule has 0 spiro atoms. The van der Waals surface area contributed by atoms with Crippen molar-refractivity contribution in [1.29, 1.82) is 0 Å². The number of rotatable bonds is 6. The van der Waals surface area contributed by atoms with Gasteiger partial charge in [-0.2, -0.15) is 5.10 Å². The summed E-state index contributed by atoms with van der Waals surface area (Å²) in [6.07, 6.45) is 0.745. The molecular weight excluding hydrogens is 418 g/mol. The van der Waals surface area contributed by atoms with Crippen molar-refractivity contribution in [3.63, 3.8) is 0 Å². The van der Waals surface area contributed by atoms with Gasteiger partial charge in [-0.05, 0) is 31.0 Å². The molecule has 33 heavy (non-hydrogen) atoms. The molecule has 0 radical (unpaired) electrons. The molecule has 8 nitrogen and oxygen atoms in total. The summed E-state index contributed by atoms with van der Waals surface area (Å²) in [4.78, 5) is 41.5. The number of para-hydroxylation sites is 1. The number of likely N-dealkylation sites (N-methyl/N-ethyl adjacent to an activating group) is 1. The summed E-state index contributed by atoms with van der Waals surface area (Å²) < 4.78 is 1.60. The minimum Gasteiger partial charge on any atom is -0.333 e. The van der Waals surface area contributed by atoms with E-state index in [1.807, 2.05) is 43.3 Å². The molecule has 2 heterocycles. The molecule has 0 aliphatic carbocycles. The van der Waals surface area contributed by atoms with E-state index in [9.17, 15) is 14.4 Å². The molecule has 0 saturated carbocycles. The van der Waals surface area contributed by atoms with Gasteiger partial charge in [-0.25, -0.2) is 0 Å². The lowest BCUT2D eigenvalue weighted by atomic mass is 10.1. The molecule has 0 unspecified atom stereocenters. The smallest absolute Gasteiger partial charge is 0.274 e. The number of fused-ring (bicyclic) bond motifs is 1. The van der Waals surface area contributed by atoms with E-state index in [-0.39, 0.29) is 24.1 Å². The number of amides is 3. The molecule has 170 valence electrons. The maximum absolute atomic E-state index is 13.2. The number of aryl methyl sites for hydroxylation is 2. The summed E-state index contributed by atoms with van der Waals surface area (Å²) in [6.45, 7) is 3.59. The highest BCUT2D eigenvalue weighted by Gasteiger charge is 2.27. The monoisotopic (exact) mass is 445 g/mol. The molecule has 0 atom stereocenters. The Kier molecular flexibility index (Phi) is 6.53. The molecule has 1 aliphatic heterocycles. The lowest BCUT2D eigenvalue weighted by Gasteiger charge is -2.20. The number of carbonyl (C=O) groups is 3. The number of hydrogen-bond acceptors (Lipinski definition) is 4. The van der Waals surface area contributed by atoms with E-state index < -0.39 is 5.91 Å². The number of nitrogens with zero attached hydrogens (tertiary/aromatic N) is 4. The summed E-state index contributed by atoms with van der Waals surface area (Å²) in [5.41, 5.74) is 3.43. The lowest BCUT2D eigenvalue weighted by molar-refractivity contribution is -0.116. The number of nitrogens with one attached hydrogen (secondary N) is 1. The molecule has 3 amide bonds. The topological polar surface area (TPSA) is 87.5 Å². The van der Waals surface area contributed by atoms with Gasteiger partial charge in [0.15, 0.2) is 5.69 Å². The lowest BCUT2D eigenvalue weighted by Crippen LogP contribution is -2.35. The van der Waals surface area contributed by atoms with Crippen LogP contribution in [0.1, 0.15) is 38.5 Å². The number of benzene rings is 2. The summed E-state index contributed by atoms with van der Waals surface area (Å²) in [7, 11) is 1.54. The SMILES string of the molecule is Cc1cccc(CN2CCCn3nc(C(=O)N(C)CC(=O)Nc4ccccc4)cc3C2=O)c1. The molecule has 8 heteroatoms. The van der Waals surface area contributed by atoms with Crippen LogP contribution in [0.25, 0.3) is 0 Å². The maximum Gasteiger partial charge on any atom is 0.274 e.